The van der Waals surface area contributed by atoms with Crippen molar-refractivity contribution in [2.45, 2.75) is 19.4 Å². The van der Waals surface area contributed by atoms with Gasteiger partial charge in [0.15, 0.2) is 5.75 Å². The molecule has 0 aliphatic rings. The van der Waals surface area contributed by atoms with E-state index < -0.39 is 30.0 Å². The molecule has 4 N–H and O–H groups in total. The second-order valence-corrected chi connectivity index (χ2v) is 5.15. The molecule has 1 atom stereocenters. The largest absolute Gasteiger partial charge is 0.488 e. The smallest absolute Gasteiger partial charge is 0.488 e. The quantitative estimate of drug-likeness (QED) is 0.338. The minimum atomic E-state index is -1.61. The van der Waals surface area contributed by atoms with Crippen LogP contribution in [0.3, 0.4) is 0 Å². The Kier molecular flexibility index (Phi) is 5.37. The highest BCUT2D eigenvalue weighted by atomic mass is 16.5. The van der Waals surface area contributed by atoms with Crippen LogP contribution >= 0.6 is 0 Å². The van der Waals surface area contributed by atoms with E-state index in [1.54, 1.807) is 19.1 Å². The molecule has 0 radical (unpaired) electrons. The minimum Gasteiger partial charge on any atom is -0.488 e. The number of carboxylic acid groups (broad SMARTS) is 1. The first-order chi connectivity index (χ1) is 11.3. The number of hydrogen-bond acceptors (Lipinski definition) is 7. The summed E-state index contributed by atoms with van der Waals surface area (Å²) in [5.74, 6) is -1.34. The second-order valence-electron chi connectivity index (χ2n) is 5.15. The molecular formula is C15H16BNO7. The molecule has 0 bridgehead atoms. The number of rotatable bonds is 8. The van der Waals surface area contributed by atoms with Crippen LogP contribution < -0.4 is 26.4 Å². The van der Waals surface area contributed by atoms with Crippen LogP contribution in [0.5, 0.6) is 5.75 Å². The summed E-state index contributed by atoms with van der Waals surface area (Å²) in [4.78, 5) is 34.4. The lowest BCUT2D eigenvalue weighted by atomic mass is 9.80. The van der Waals surface area contributed by atoms with Crippen LogP contribution in [0.15, 0.2) is 33.9 Å². The molecule has 0 unspecified atom stereocenters. The summed E-state index contributed by atoms with van der Waals surface area (Å²) in [6.07, 6.45) is 0.0293. The van der Waals surface area contributed by atoms with Crippen molar-refractivity contribution in [1.82, 2.24) is 0 Å². The van der Waals surface area contributed by atoms with Gasteiger partial charge in [0, 0.05) is 6.42 Å². The lowest BCUT2D eigenvalue weighted by molar-refractivity contribution is -0.137. The molecule has 8 nitrogen and oxygen atoms in total. The molecule has 2 aromatic carbocycles. The summed E-state index contributed by atoms with van der Waals surface area (Å²) < 4.78 is 5.04. The van der Waals surface area contributed by atoms with E-state index in [2.05, 4.69) is 5.32 Å². The van der Waals surface area contributed by atoms with Crippen LogP contribution in [-0.2, 0) is 11.2 Å². The lowest BCUT2D eigenvalue weighted by Crippen LogP contribution is -2.41. The van der Waals surface area contributed by atoms with Gasteiger partial charge >= 0.3 is 13.1 Å². The Balaban J connectivity index is 2.16. The zero-order chi connectivity index (χ0) is 17.9. The van der Waals surface area contributed by atoms with Crippen molar-refractivity contribution >= 4 is 24.2 Å². The summed E-state index contributed by atoms with van der Waals surface area (Å²) in [6, 6.07) is 4.89. The Morgan fingerprint density at radius 3 is 2.33 bits per heavy atom. The van der Waals surface area contributed by atoms with Gasteiger partial charge in [-0.3, -0.25) is 9.59 Å². The van der Waals surface area contributed by atoms with Crippen LogP contribution in [0.25, 0.3) is 0 Å². The van der Waals surface area contributed by atoms with Crippen LogP contribution in [0.2, 0.25) is 0 Å². The Labute approximate surface area is 137 Å². The molecule has 0 saturated heterocycles. The van der Waals surface area contributed by atoms with E-state index in [0.717, 1.165) is 0 Å². The number of carbonyl (C=O) groups is 1. The summed E-state index contributed by atoms with van der Waals surface area (Å²) in [6.45, 7) is 1.83. The topological polar surface area (TPSA) is 133 Å². The zero-order valence-corrected chi connectivity index (χ0v) is 12.9. The van der Waals surface area contributed by atoms with Crippen molar-refractivity contribution in [3.05, 3.63) is 50.3 Å². The summed E-state index contributed by atoms with van der Waals surface area (Å²) >= 11 is 0. The third-order valence-corrected chi connectivity index (χ3v) is 3.49. The summed E-state index contributed by atoms with van der Waals surface area (Å²) in [5, 5.41) is 29.9. The summed E-state index contributed by atoms with van der Waals surface area (Å²) in [7, 11) is -1.61. The highest BCUT2D eigenvalue weighted by Crippen LogP contribution is 2.19. The number of carboxylic acids is 1. The first-order valence-corrected chi connectivity index (χ1v) is 7.25. The molecule has 126 valence electrons. The highest BCUT2D eigenvalue weighted by molar-refractivity contribution is 6.58. The minimum absolute atomic E-state index is 0.0293. The van der Waals surface area contributed by atoms with E-state index in [1.165, 1.54) is 12.1 Å². The maximum Gasteiger partial charge on any atom is 0.488 e. The number of anilines is 1. The zero-order valence-electron chi connectivity index (χ0n) is 12.9. The van der Waals surface area contributed by atoms with Gasteiger partial charge < -0.3 is 25.2 Å². The number of aliphatic carboxylic acids is 1. The predicted octanol–water partition coefficient (Wildman–Crippen LogP) is -1.53. The SMILES string of the molecule is CCOc1c(N[C@@H](Cc2ccc(B(O)O)cc2)C(=O)O)c(=O)c1=O. The Bertz CT molecular complexity index is 793. The van der Waals surface area contributed by atoms with Crippen LogP contribution in [0, 0.1) is 0 Å². The second kappa shape index (κ2) is 7.28. The fourth-order valence-corrected chi connectivity index (χ4v) is 2.22. The first kappa shape index (κ1) is 17.7. The van der Waals surface area contributed by atoms with Gasteiger partial charge in [0.05, 0.1) is 6.61 Å². The predicted molar refractivity (Wildman–Crippen MR) is 87.5 cm³/mol. The molecule has 0 spiro atoms. The van der Waals surface area contributed by atoms with Gasteiger partial charge in [0.25, 0.3) is 10.9 Å². The lowest BCUT2D eigenvalue weighted by Gasteiger charge is -2.19. The van der Waals surface area contributed by atoms with Crippen LogP contribution in [0.1, 0.15) is 12.5 Å². The van der Waals surface area contributed by atoms with Crippen molar-refractivity contribution in [1.29, 1.82) is 0 Å². The molecule has 0 fully saturated rings. The van der Waals surface area contributed by atoms with Gasteiger partial charge in [0.2, 0.25) is 0 Å². The van der Waals surface area contributed by atoms with Gasteiger partial charge in [-0.2, -0.15) is 0 Å². The van der Waals surface area contributed by atoms with Crippen LogP contribution in [0.4, 0.5) is 5.69 Å². The normalized spacial score (nSPS) is 12.0. The molecule has 24 heavy (non-hydrogen) atoms. The maximum atomic E-state index is 11.6. The van der Waals surface area contributed by atoms with E-state index >= 15 is 0 Å². The fraction of sp³-hybridized carbons (Fsp3) is 0.267. The van der Waals surface area contributed by atoms with Crippen molar-refractivity contribution < 1.29 is 24.7 Å². The van der Waals surface area contributed by atoms with Crippen LogP contribution in [-0.4, -0.2) is 40.9 Å². The standard InChI is InChI=1S/C15H16BNO7/c1-2-24-14-11(12(18)13(14)19)17-10(15(20)21)7-8-3-5-9(6-4-8)16(22)23/h3-6,10,17,22-23H,2,7H2,1H3,(H,20,21)/t10-/m0/s1. The van der Waals surface area contributed by atoms with Crippen molar-refractivity contribution in [2.75, 3.05) is 11.9 Å². The number of ether oxygens (including phenoxy) is 1. The average Bonchev–Trinajstić information content (AvgIpc) is 2.56. The van der Waals surface area contributed by atoms with Gasteiger partial charge in [0.1, 0.15) is 11.7 Å². The molecule has 0 heterocycles. The first-order valence-electron chi connectivity index (χ1n) is 7.25. The highest BCUT2D eigenvalue weighted by Gasteiger charge is 2.27. The van der Waals surface area contributed by atoms with Gasteiger partial charge in [-0.05, 0) is 17.9 Å². The molecular weight excluding hydrogens is 317 g/mol. The fourth-order valence-electron chi connectivity index (χ4n) is 2.22. The number of hydrogen-bond donors (Lipinski definition) is 4. The number of benzene rings is 1. The van der Waals surface area contributed by atoms with Crippen molar-refractivity contribution in [2.24, 2.45) is 0 Å². The molecule has 0 aliphatic carbocycles. The molecule has 2 aromatic rings. The average molecular weight is 333 g/mol. The van der Waals surface area contributed by atoms with E-state index in [0.29, 0.717) is 5.56 Å². The Hall–Kier alpha value is -2.65. The van der Waals surface area contributed by atoms with E-state index in [-0.39, 0.29) is 29.9 Å². The van der Waals surface area contributed by atoms with E-state index in [1.807, 2.05) is 0 Å². The Morgan fingerprint density at radius 1 is 1.21 bits per heavy atom. The van der Waals surface area contributed by atoms with Gasteiger partial charge in [-0.1, -0.05) is 24.3 Å². The third-order valence-electron chi connectivity index (χ3n) is 3.49. The molecule has 0 saturated carbocycles. The number of nitrogens with one attached hydrogen (secondary N) is 1. The molecule has 9 heteroatoms. The Morgan fingerprint density at radius 2 is 1.83 bits per heavy atom. The van der Waals surface area contributed by atoms with E-state index in [9.17, 15) is 19.5 Å². The monoisotopic (exact) mass is 333 g/mol. The van der Waals surface area contributed by atoms with Crippen molar-refractivity contribution in [3.63, 3.8) is 0 Å². The summed E-state index contributed by atoms with van der Waals surface area (Å²) in [5.41, 5.74) is -0.819. The van der Waals surface area contributed by atoms with E-state index in [4.69, 9.17) is 14.8 Å². The molecule has 0 aliphatic heterocycles. The van der Waals surface area contributed by atoms with Gasteiger partial charge in [-0.15, -0.1) is 0 Å². The van der Waals surface area contributed by atoms with Crippen molar-refractivity contribution in [3.8, 4) is 5.75 Å². The molecule has 2 rings (SSSR count). The third kappa shape index (κ3) is 3.63. The van der Waals surface area contributed by atoms with Gasteiger partial charge in [-0.25, -0.2) is 4.79 Å². The molecule has 0 aromatic heterocycles. The maximum absolute atomic E-state index is 11.6. The molecule has 0 amide bonds.